The maximum Gasteiger partial charge on any atom is 0.0860 e. The van der Waals surface area contributed by atoms with Gasteiger partial charge < -0.3 is 4.74 Å². The highest BCUT2D eigenvalue weighted by molar-refractivity contribution is 5.36. The van der Waals surface area contributed by atoms with Gasteiger partial charge in [0.2, 0.25) is 0 Å². The molecule has 17 heavy (non-hydrogen) atoms. The summed E-state index contributed by atoms with van der Waals surface area (Å²) in [6.07, 6.45) is 7.83. The molecule has 1 nitrogen and oxygen atoms in total. The van der Waals surface area contributed by atoms with E-state index in [1.807, 2.05) is 7.11 Å². The van der Waals surface area contributed by atoms with Crippen LogP contribution in [0.15, 0.2) is 36.4 Å². The topological polar surface area (TPSA) is 9.23 Å². The molecule has 0 amide bonds. The van der Waals surface area contributed by atoms with E-state index in [-0.39, 0.29) is 0 Å². The summed E-state index contributed by atoms with van der Waals surface area (Å²) in [5.41, 5.74) is 2.96. The van der Waals surface area contributed by atoms with Crippen molar-refractivity contribution in [2.45, 2.75) is 18.9 Å². The molecule has 1 fully saturated rings. The van der Waals surface area contributed by atoms with Gasteiger partial charge in [0.25, 0.3) is 0 Å². The van der Waals surface area contributed by atoms with Crippen molar-refractivity contribution in [3.8, 4) is 0 Å². The minimum absolute atomic E-state index is 0.324. The zero-order valence-electron chi connectivity index (χ0n) is 10.2. The van der Waals surface area contributed by atoms with Gasteiger partial charge in [-0.25, -0.2) is 0 Å². The lowest BCUT2D eigenvalue weighted by atomic mass is 9.69. The van der Waals surface area contributed by atoms with Crippen LogP contribution >= 0.6 is 0 Å². The van der Waals surface area contributed by atoms with Gasteiger partial charge in [-0.3, -0.25) is 0 Å². The van der Waals surface area contributed by atoms with Crippen molar-refractivity contribution < 1.29 is 4.74 Å². The van der Waals surface area contributed by atoms with E-state index >= 15 is 0 Å². The lowest BCUT2D eigenvalue weighted by molar-refractivity contribution is 0.00982. The molecular formula is C16H18O. The van der Waals surface area contributed by atoms with Crippen molar-refractivity contribution in [3.63, 3.8) is 0 Å². The Labute approximate surface area is 102 Å². The highest BCUT2D eigenvalue weighted by atomic mass is 16.5. The molecule has 0 saturated heterocycles. The predicted molar refractivity (Wildman–Crippen MR) is 67.6 cm³/mol. The van der Waals surface area contributed by atoms with Crippen molar-refractivity contribution in [1.82, 2.24) is 0 Å². The molecule has 2 bridgehead atoms. The van der Waals surface area contributed by atoms with Gasteiger partial charge in [-0.05, 0) is 47.6 Å². The third kappa shape index (κ3) is 1.23. The molecule has 0 radical (unpaired) electrons. The van der Waals surface area contributed by atoms with Crippen molar-refractivity contribution in [1.29, 1.82) is 0 Å². The first kappa shape index (κ1) is 9.90. The SMILES string of the molecule is CO[C@H]1c2ccccc2C[C@H]2[C@@H]1[C@@H]1C=C[C@H]2C1. The highest BCUT2D eigenvalue weighted by Crippen LogP contribution is 2.57. The van der Waals surface area contributed by atoms with Gasteiger partial charge in [0.05, 0.1) is 6.10 Å². The Hall–Kier alpha value is -1.08. The molecule has 1 saturated carbocycles. The molecule has 0 spiro atoms. The molecule has 0 unspecified atom stereocenters. The van der Waals surface area contributed by atoms with Gasteiger partial charge >= 0.3 is 0 Å². The fourth-order valence-electron chi connectivity index (χ4n) is 4.44. The summed E-state index contributed by atoms with van der Waals surface area (Å²) in [6, 6.07) is 8.85. The molecule has 88 valence electrons. The average Bonchev–Trinajstić information content (AvgIpc) is 2.97. The Morgan fingerprint density at radius 3 is 2.82 bits per heavy atom. The average molecular weight is 226 g/mol. The van der Waals surface area contributed by atoms with Crippen LogP contribution in [0.2, 0.25) is 0 Å². The van der Waals surface area contributed by atoms with E-state index < -0.39 is 0 Å². The Balaban J connectivity index is 1.83. The van der Waals surface area contributed by atoms with Gasteiger partial charge in [0, 0.05) is 7.11 Å². The molecule has 1 aromatic carbocycles. The smallest absolute Gasteiger partial charge is 0.0860 e. The van der Waals surface area contributed by atoms with Gasteiger partial charge in [-0.15, -0.1) is 0 Å². The van der Waals surface area contributed by atoms with E-state index in [1.54, 1.807) is 0 Å². The maximum absolute atomic E-state index is 5.85. The third-order valence-corrected chi connectivity index (χ3v) is 5.11. The summed E-state index contributed by atoms with van der Waals surface area (Å²) in [6.45, 7) is 0. The largest absolute Gasteiger partial charge is 0.376 e. The first-order valence-corrected chi connectivity index (χ1v) is 6.67. The lowest BCUT2D eigenvalue weighted by Crippen LogP contribution is -2.33. The van der Waals surface area contributed by atoms with E-state index in [4.69, 9.17) is 4.74 Å². The zero-order chi connectivity index (χ0) is 11.4. The zero-order valence-corrected chi connectivity index (χ0v) is 10.2. The van der Waals surface area contributed by atoms with E-state index in [1.165, 1.54) is 24.0 Å². The van der Waals surface area contributed by atoms with Gasteiger partial charge in [0.15, 0.2) is 0 Å². The molecular weight excluding hydrogens is 208 g/mol. The Kier molecular flexibility index (Phi) is 2.01. The number of rotatable bonds is 1. The Morgan fingerprint density at radius 1 is 1.12 bits per heavy atom. The summed E-state index contributed by atoms with van der Waals surface area (Å²) in [7, 11) is 1.87. The summed E-state index contributed by atoms with van der Waals surface area (Å²) in [4.78, 5) is 0. The molecule has 0 aliphatic heterocycles. The van der Waals surface area contributed by atoms with Gasteiger partial charge in [-0.2, -0.15) is 0 Å². The molecule has 3 aliphatic rings. The van der Waals surface area contributed by atoms with Crippen molar-refractivity contribution in [2.24, 2.45) is 23.7 Å². The third-order valence-electron chi connectivity index (χ3n) is 5.11. The van der Waals surface area contributed by atoms with Crippen LogP contribution in [0, 0.1) is 23.7 Å². The first-order chi connectivity index (χ1) is 8.38. The molecule has 0 heterocycles. The normalized spacial score (nSPS) is 41.4. The second-order valence-corrected chi connectivity index (χ2v) is 5.75. The second-order valence-electron chi connectivity index (χ2n) is 5.75. The maximum atomic E-state index is 5.85. The standard InChI is InChI=1S/C16H18O/c1-17-16-13-5-3-2-4-10(13)9-14-11-6-7-12(8-11)15(14)16/h2-7,11-12,14-16H,8-9H2,1H3/t11-,12+,14+,15-,16-/m0/s1. The highest BCUT2D eigenvalue weighted by Gasteiger charge is 2.50. The minimum Gasteiger partial charge on any atom is -0.376 e. The van der Waals surface area contributed by atoms with Crippen LogP contribution in [0.1, 0.15) is 23.7 Å². The van der Waals surface area contributed by atoms with Crippen LogP contribution in [0.4, 0.5) is 0 Å². The Bertz CT molecular complexity index is 476. The summed E-state index contributed by atoms with van der Waals surface area (Å²) >= 11 is 0. The van der Waals surface area contributed by atoms with Crippen molar-refractivity contribution in [2.75, 3.05) is 7.11 Å². The number of benzene rings is 1. The number of hydrogen-bond acceptors (Lipinski definition) is 1. The number of hydrogen-bond donors (Lipinski definition) is 0. The van der Waals surface area contributed by atoms with Crippen LogP contribution in [0.25, 0.3) is 0 Å². The molecule has 0 aromatic heterocycles. The number of allylic oxidation sites excluding steroid dienone is 2. The molecule has 1 aromatic rings. The molecule has 0 N–H and O–H groups in total. The van der Waals surface area contributed by atoms with E-state index in [2.05, 4.69) is 36.4 Å². The van der Waals surface area contributed by atoms with E-state index in [0.717, 1.165) is 23.7 Å². The summed E-state index contributed by atoms with van der Waals surface area (Å²) < 4.78 is 5.85. The quantitative estimate of drug-likeness (QED) is 0.667. The first-order valence-electron chi connectivity index (χ1n) is 6.67. The summed E-state index contributed by atoms with van der Waals surface area (Å²) in [5.74, 6) is 3.13. The van der Waals surface area contributed by atoms with Gasteiger partial charge in [-0.1, -0.05) is 36.4 Å². The van der Waals surface area contributed by atoms with Crippen LogP contribution in [0.5, 0.6) is 0 Å². The fourth-order valence-corrected chi connectivity index (χ4v) is 4.44. The van der Waals surface area contributed by atoms with E-state index in [9.17, 15) is 0 Å². The van der Waals surface area contributed by atoms with Crippen LogP contribution in [0.3, 0.4) is 0 Å². The van der Waals surface area contributed by atoms with Gasteiger partial charge in [0.1, 0.15) is 0 Å². The van der Waals surface area contributed by atoms with Crippen LogP contribution in [-0.2, 0) is 11.2 Å². The molecule has 3 aliphatic carbocycles. The fraction of sp³-hybridized carbons (Fsp3) is 0.500. The van der Waals surface area contributed by atoms with Crippen LogP contribution in [-0.4, -0.2) is 7.11 Å². The molecule has 4 rings (SSSR count). The number of fused-ring (bicyclic) bond motifs is 6. The van der Waals surface area contributed by atoms with E-state index in [0.29, 0.717) is 6.10 Å². The molecule has 5 atom stereocenters. The van der Waals surface area contributed by atoms with Crippen molar-refractivity contribution in [3.05, 3.63) is 47.5 Å². The number of ether oxygens (including phenoxy) is 1. The number of methoxy groups -OCH3 is 1. The lowest BCUT2D eigenvalue weighted by Gasteiger charge is -2.39. The summed E-state index contributed by atoms with van der Waals surface area (Å²) in [5, 5.41) is 0. The minimum atomic E-state index is 0.324. The second kappa shape index (κ2) is 3.46. The Morgan fingerprint density at radius 2 is 1.94 bits per heavy atom. The predicted octanol–water partition coefficient (Wildman–Crippen LogP) is 3.37. The monoisotopic (exact) mass is 226 g/mol. The molecule has 1 heteroatoms. The van der Waals surface area contributed by atoms with Crippen molar-refractivity contribution >= 4 is 0 Å². The van der Waals surface area contributed by atoms with Crippen LogP contribution < -0.4 is 0 Å².